The van der Waals surface area contributed by atoms with E-state index in [9.17, 15) is 0 Å². The van der Waals surface area contributed by atoms with Crippen LogP contribution in [0.3, 0.4) is 0 Å². The molecule has 0 spiro atoms. The number of hydrogen-bond acceptors (Lipinski definition) is 3. The van der Waals surface area contributed by atoms with Crippen molar-refractivity contribution in [3.63, 3.8) is 0 Å². The van der Waals surface area contributed by atoms with E-state index >= 15 is 0 Å². The molecule has 1 saturated heterocycles. The van der Waals surface area contributed by atoms with E-state index in [0.29, 0.717) is 12.1 Å². The second kappa shape index (κ2) is 8.02. The summed E-state index contributed by atoms with van der Waals surface area (Å²) in [7, 11) is -0.471. The molecule has 0 N–H and O–H groups in total. The highest BCUT2D eigenvalue weighted by Gasteiger charge is 2.39. The molecule has 0 saturated carbocycles. The van der Waals surface area contributed by atoms with Crippen LogP contribution in [-0.4, -0.2) is 22.4 Å². The molecular formula is C22H25N2PS. The first-order valence-electron chi connectivity index (χ1n) is 9.22. The lowest BCUT2D eigenvalue weighted by Gasteiger charge is -2.36. The van der Waals surface area contributed by atoms with Gasteiger partial charge in [-0.1, -0.05) is 66.7 Å². The van der Waals surface area contributed by atoms with E-state index in [0.717, 1.165) is 13.1 Å². The van der Waals surface area contributed by atoms with Gasteiger partial charge in [-0.05, 0) is 36.4 Å². The molecule has 2 nitrogen and oxygen atoms in total. The maximum absolute atomic E-state index is 2.72. The first-order valence-corrected chi connectivity index (χ1v) is 11.3. The maximum Gasteiger partial charge on any atom is 0.0841 e. The van der Waals surface area contributed by atoms with E-state index in [-0.39, 0.29) is 0 Å². The monoisotopic (exact) mass is 380 g/mol. The molecule has 2 heterocycles. The first-order chi connectivity index (χ1) is 12.8. The highest BCUT2D eigenvalue weighted by Crippen LogP contribution is 2.56. The molecule has 1 aliphatic heterocycles. The zero-order valence-electron chi connectivity index (χ0n) is 15.3. The minimum absolute atomic E-state index is 0.428. The maximum atomic E-state index is 2.72. The predicted molar refractivity (Wildman–Crippen MR) is 114 cm³/mol. The standard InChI is InChI=1S/C22H25N2PS/c1-18(20-10-5-3-6-11-20)23-15-16-24(25(23)22-14-9-17-26-22)19(2)21-12-7-4-8-13-21/h3-14,17-19H,15-16H2,1-2H3/t18-,19-/m1/s1. The molecule has 26 heavy (non-hydrogen) atoms. The fourth-order valence-electron chi connectivity index (χ4n) is 3.70. The van der Waals surface area contributed by atoms with Crippen LogP contribution in [0.2, 0.25) is 0 Å². The highest BCUT2D eigenvalue weighted by molar-refractivity contribution is 7.67. The Hall–Kier alpha value is -1.51. The van der Waals surface area contributed by atoms with Gasteiger partial charge in [0.1, 0.15) is 0 Å². The summed E-state index contributed by atoms with van der Waals surface area (Å²) in [5, 5.41) is 2.21. The predicted octanol–water partition coefficient (Wildman–Crippen LogP) is 5.83. The third-order valence-electron chi connectivity index (χ3n) is 5.21. The van der Waals surface area contributed by atoms with Crippen LogP contribution in [-0.2, 0) is 0 Å². The number of nitrogens with zero attached hydrogens (tertiary/aromatic N) is 2. The lowest BCUT2D eigenvalue weighted by Crippen LogP contribution is -2.25. The Balaban J connectivity index is 1.66. The average molecular weight is 380 g/mol. The Morgan fingerprint density at radius 3 is 1.65 bits per heavy atom. The summed E-state index contributed by atoms with van der Waals surface area (Å²) < 4.78 is 6.94. The largest absolute Gasteiger partial charge is 0.257 e. The van der Waals surface area contributed by atoms with Gasteiger partial charge in [-0.15, -0.1) is 11.3 Å². The molecule has 2 atom stereocenters. The number of thiophene rings is 1. The summed E-state index contributed by atoms with van der Waals surface area (Å²) >= 11 is 1.90. The minimum Gasteiger partial charge on any atom is -0.257 e. The summed E-state index contributed by atoms with van der Waals surface area (Å²) in [6, 6.07) is 27.2. The molecule has 0 bridgehead atoms. The number of rotatable bonds is 5. The van der Waals surface area contributed by atoms with Crippen molar-refractivity contribution >= 4 is 24.2 Å². The molecule has 0 radical (unpaired) electrons. The molecule has 1 aromatic heterocycles. The summed E-state index contributed by atoms with van der Waals surface area (Å²) in [5.41, 5.74) is 2.82. The van der Waals surface area contributed by atoms with Crippen LogP contribution < -0.4 is 4.62 Å². The van der Waals surface area contributed by atoms with Crippen molar-refractivity contribution in [1.82, 2.24) is 9.34 Å². The van der Waals surface area contributed by atoms with Crippen LogP contribution >= 0.6 is 19.6 Å². The summed E-state index contributed by atoms with van der Waals surface area (Å²) in [6.45, 7) is 6.96. The molecule has 0 amide bonds. The van der Waals surface area contributed by atoms with Gasteiger partial charge < -0.3 is 0 Å². The third kappa shape index (κ3) is 3.50. The number of hydrogen-bond donors (Lipinski definition) is 0. The van der Waals surface area contributed by atoms with E-state index < -0.39 is 8.22 Å². The van der Waals surface area contributed by atoms with E-state index in [4.69, 9.17) is 0 Å². The Bertz CT molecular complexity index is 753. The van der Waals surface area contributed by atoms with Gasteiger partial charge in [-0.3, -0.25) is 9.34 Å². The Morgan fingerprint density at radius 2 is 1.23 bits per heavy atom. The van der Waals surface area contributed by atoms with Crippen molar-refractivity contribution in [3.8, 4) is 0 Å². The molecular weight excluding hydrogens is 355 g/mol. The lowest BCUT2D eigenvalue weighted by molar-refractivity contribution is 0.377. The topological polar surface area (TPSA) is 6.48 Å². The molecule has 2 aromatic carbocycles. The third-order valence-corrected chi connectivity index (χ3v) is 9.29. The van der Waals surface area contributed by atoms with Crippen molar-refractivity contribution in [2.24, 2.45) is 0 Å². The molecule has 134 valence electrons. The van der Waals surface area contributed by atoms with Crippen molar-refractivity contribution in [2.45, 2.75) is 25.9 Å². The summed E-state index contributed by atoms with van der Waals surface area (Å²) in [4.78, 5) is 0. The highest BCUT2D eigenvalue weighted by atomic mass is 32.1. The molecule has 1 aliphatic rings. The van der Waals surface area contributed by atoms with Gasteiger partial charge >= 0.3 is 0 Å². The van der Waals surface area contributed by atoms with Crippen LogP contribution in [0.4, 0.5) is 0 Å². The van der Waals surface area contributed by atoms with Gasteiger partial charge in [-0.2, -0.15) is 0 Å². The first kappa shape index (κ1) is 17.9. The second-order valence-corrected chi connectivity index (χ2v) is 10.1. The molecule has 3 aromatic rings. The van der Waals surface area contributed by atoms with E-state index in [1.165, 1.54) is 15.7 Å². The fourth-order valence-corrected chi connectivity index (χ4v) is 7.85. The minimum atomic E-state index is -0.471. The zero-order valence-corrected chi connectivity index (χ0v) is 17.0. The average Bonchev–Trinajstić information content (AvgIpc) is 3.37. The van der Waals surface area contributed by atoms with Gasteiger partial charge in [0.2, 0.25) is 0 Å². The van der Waals surface area contributed by atoms with E-state index in [1.807, 2.05) is 11.3 Å². The molecule has 1 fully saturated rings. The zero-order chi connectivity index (χ0) is 17.9. The fraction of sp³-hybridized carbons (Fsp3) is 0.273. The van der Waals surface area contributed by atoms with Crippen molar-refractivity contribution < 1.29 is 0 Å². The van der Waals surface area contributed by atoms with Crippen LogP contribution in [0.25, 0.3) is 0 Å². The van der Waals surface area contributed by atoms with E-state index in [1.54, 1.807) is 0 Å². The summed E-state index contributed by atoms with van der Waals surface area (Å²) in [5.74, 6) is 0. The Labute approximate surface area is 162 Å². The SMILES string of the molecule is C[C@H](c1ccccc1)N1CCN([C@H](C)c2ccccc2)P1c1cccs1. The van der Waals surface area contributed by atoms with Gasteiger partial charge in [0.15, 0.2) is 0 Å². The van der Waals surface area contributed by atoms with Crippen molar-refractivity contribution in [3.05, 3.63) is 89.3 Å². The smallest absolute Gasteiger partial charge is 0.0841 e. The van der Waals surface area contributed by atoms with Crippen molar-refractivity contribution in [2.75, 3.05) is 13.1 Å². The number of benzene rings is 2. The van der Waals surface area contributed by atoms with E-state index in [2.05, 4.69) is 101 Å². The Morgan fingerprint density at radius 1 is 0.731 bits per heavy atom. The van der Waals surface area contributed by atoms with Crippen LogP contribution in [0.15, 0.2) is 78.2 Å². The van der Waals surface area contributed by atoms with Crippen LogP contribution in [0.5, 0.6) is 0 Å². The van der Waals surface area contributed by atoms with Gasteiger partial charge in [0.05, 0.1) is 12.8 Å². The molecule has 4 rings (SSSR count). The quantitative estimate of drug-likeness (QED) is 0.514. The normalized spacial score (nSPS) is 18.8. The van der Waals surface area contributed by atoms with Crippen LogP contribution in [0, 0.1) is 0 Å². The molecule has 4 heteroatoms. The van der Waals surface area contributed by atoms with Gasteiger partial charge in [-0.25, -0.2) is 0 Å². The Kier molecular flexibility index (Phi) is 5.52. The lowest BCUT2D eigenvalue weighted by atomic mass is 10.1. The van der Waals surface area contributed by atoms with Gasteiger partial charge in [0.25, 0.3) is 0 Å². The summed E-state index contributed by atoms with van der Waals surface area (Å²) in [6.07, 6.45) is 0. The van der Waals surface area contributed by atoms with Gasteiger partial charge in [0, 0.05) is 25.2 Å². The van der Waals surface area contributed by atoms with Crippen molar-refractivity contribution in [1.29, 1.82) is 0 Å². The molecule has 0 unspecified atom stereocenters. The van der Waals surface area contributed by atoms with Crippen LogP contribution in [0.1, 0.15) is 37.1 Å². The molecule has 0 aliphatic carbocycles. The second-order valence-electron chi connectivity index (χ2n) is 6.74.